The molecule has 8 heteroatoms. The number of fused-ring (bicyclic) bond motifs is 1. The lowest BCUT2D eigenvalue weighted by atomic mass is 9.95. The molecule has 0 bridgehead atoms. The normalized spacial score (nSPS) is 20.7. The third kappa shape index (κ3) is 4.05. The van der Waals surface area contributed by atoms with Crippen molar-refractivity contribution < 1.29 is 9.53 Å². The van der Waals surface area contributed by atoms with Crippen LogP contribution in [-0.2, 0) is 4.74 Å². The number of aromatic nitrogens is 2. The average molecular weight is 373 g/mol. The van der Waals surface area contributed by atoms with Gasteiger partial charge in [-0.2, -0.15) is 14.0 Å². The van der Waals surface area contributed by atoms with E-state index in [0.717, 1.165) is 35.9 Å². The van der Waals surface area contributed by atoms with Gasteiger partial charge in [0, 0.05) is 19.1 Å². The van der Waals surface area contributed by atoms with E-state index in [2.05, 4.69) is 32.0 Å². The first kappa shape index (κ1) is 18.4. The zero-order chi connectivity index (χ0) is 18.9. The first-order chi connectivity index (χ1) is 12.3. The number of carbonyl (C=O) groups excluding carboxylic acids is 1. The molecule has 2 aromatic rings. The van der Waals surface area contributed by atoms with Crippen molar-refractivity contribution in [3.05, 3.63) is 17.7 Å². The average Bonchev–Trinajstić information content (AvgIpc) is 3.00. The Morgan fingerprint density at radius 2 is 2.08 bits per heavy atom. The quantitative estimate of drug-likeness (QED) is 0.868. The van der Waals surface area contributed by atoms with Gasteiger partial charge in [0.15, 0.2) is 0 Å². The lowest BCUT2D eigenvalue weighted by molar-refractivity contribution is 0.0495. The van der Waals surface area contributed by atoms with Gasteiger partial charge in [0.1, 0.15) is 22.7 Å². The number of piperidine rings is 1. The van der Waals surface area contributed by atoms with Gasteiger partial charge < -0.3 is 15.0 Å². The maximum atomic E-state index is 12.1. The van der Waals surface area contributed by atoms with Gasteiger partial charge in [0.25, 0.3) is 0 Å². The summed E-state index contributed by atoms with van der Waals surface area (Å²) in [5.41, 5.74) is 2.36. The number of nitrogens with one attached hydrogen (secondary N) is 1. The third-order valence-electron chi connectivity index (χ3n) is 4.24. The van der Waals surface area contributed by atoms with E-state index in [1.807, 2.05) is 26.8 Å². The van der Waals surface area contributed by atoms with Gasteiger partial charge in [-0.05, 0) is 45.2 Å². The molecule has 1 aliphatic heterocycles. The molecule has 2 unspecified atom stereocenters. The molecule has 1 saturated heterocycles. The molecule has 0 aliphatic carbocycles. The fraction of sp³-hybridized carbons (Fsp3) is 0.556. The van der Waals surface area contributed by atoms with Crippen LogP contribution in [0.3, 0.4) is 0 Å². The van der Waals surface area contributed by atoms with Crippen LogP contribution in [0.4, 0.5) is 10.5 Å². The minimum absolute atomic E-state index is 0.00844. The summed E-state index contributed by atoms with van der Waals surface area (Å²) in [6, 6.07) is 5.86. The van der Waals surface area contributed by atoms with Crippen molar-refractivity contribution in [2.75, 3.05) is 18.0 Å². The molecule has 1 aromatic carbocycles. The molecule has 138 valence electrons. The summed E-state index contributed by atoms with van der Waals surface area (Å²) in [7, 11) is 0. The highest BCUT2D eigenvalue weighted by molar-refractivity contribution is 7.00. The SMILES string of the molecule is CC1CC(NC(=O)OC(C)(C)C)CN(c2ccc(C#N)c3nsnc23)C1. The van der Waals surface area contributed by atoms with Gasteiger partial charge >= 0.3 is 6.09 Å². The number of hydrogen-bond donors (Lipinski definition) is 1. The molecule has 1 N–H and O–H groups in total. The lowest BCUT2D eigenvalue weighted by Gasteiger charge is -2.38. The van der Waals surface area contributed by atoms with Crippen molar-refractivity contribution >= 4 is 34.5 Å². The molecule has 1 aliphatic rings. The van der Waals surface area contributed by atoms with E-state index in [4.69, 9.17) is 4.74 Å². The third-order valence-corrected chi connectivity index (χ3v) is 4.76. The molecule has 2 atom stereocenters. The van der Waals surface area contributed by atoms with E-state index < -0.39 is 11.7 Å². The number of ether oxygens (including phenoxy) is 1. The Morgan fingerprint density at radius 3 is 2.77 bits per heavy atom. The van der Waals surface area contributed by atoms with Crippen molar-refractivity contribution in [3.8, 4) is 6.07 Å². The van der Waals surface area contributed by atoms with Crippen LogP contribution in [0.1, 0.15) is 39.7 Å². The molecule has 1 amide bonds. The van der Waals surface area contributed by atoms with Crippen LogP contribution in [-0.4, -0.2) is 39.6 Å². The molecule has 0 spiro atoms. The van der Waals surface area contributed by atoms with E-state index >= 15 is 0 Å². The number of nitriles is 1. The van der Waals surface area contributed by atoms with Crippen molar-refractivity contribution in [3.63, 3.8) is 0 Å². The highest BCUT2D eigenvalue weighted by Crippen LogP contribution is 2.31. The predicted molar refractivity (Wildman–Crippen MR) is 101 cm³/mol. The van der Waals surface area contributed by atoms with Crippen LogP contribution in [0, 0.1) is 17.2 Å². The van der Waals surface area contributed by atoms with Crippen LogP contribution in [0.25, 0.3) is 11.0 Å². The summed E-state index contributed by atoms with van der Waals surface area (Å²) in [5, 5.41) is 12.2. The smallest absolute Gasteiger partial charge is 0.407 e. The Morgan fingerprint density at radius 1 is 1.35 bits per heavy atom. The van der Waals surface area contributed by atoms with Gasteiger partial charge in [-0.15, -0.1) is 0 Å². The summed E-state index contributed by atoms with van der Waals surface area (Å²) in [5.74, 6) is 0.404. The fourth-order valence-electron chi connectivity index (χ4n) is 3.33. The second-order valence-electron chi connectivity index (χ2n) is 7.79. The molecule has 1 aromatic heterocycles. The number of amides is 1. The Hall–Kier alpha value is -2.40. The van der Waals surface area contributed by atoms with E-state index in [-0.39, 0.29) is 6.04 Å². The Labute approximate surface area is 157 Å². The summed E-state index contributed by atoms with van der Waals surface area (Å²) in [6.45, 7) is 9.25. The zero-order valence-corrected chi connectivity index (χ0v) is 16.3. The first-order valence-electron chi connectivity index (χ1n) is 8.66. The van der Waals surface area contributed by atoms with E-state index in [9.17, 15) is 10.1 Å². The molecule has 7 nitrogen and oxygen atoms in total. The van der Waals surface area contributed by atoms with Crippen LogP contribution in [0.15, 0.2) is 12.1 Å². The summed E-state index contributed by atoms with van der Waals surface area (Å²) in [6.07, 6.45) is 0.502. The summed E-state index contributed by atoms with van der Waals surface area (Å²) < 4.78 is 14.0. The molecule has 1 fully saturated rings. The van der Waals surface area contributed by atoms with Crippen molar-refractivity contribution in [1.29, 1.82) is 5.26 Å². The van der Waals surface area contributed by atoms with Crippen molar-refractivity contribution in [2.24, 2.45) is 5.92 Å². The second-order valence-corrected chi connectivity index (χ2v) is 8.32. The summed E-state index contributed by atoms with van der Waals surface area (Å²) in [4.78, 5) is 14.3. The van der Waals surface area contributed by atoms with E-state index in [1.165, 1.54) is 0 Å². The standard InChI is InChI=1S/C18H23N5O2S/c1-11-7-13(20-17(24)25-18(2,3)4)10-23(9-11)14-6-5-12(8-19)15-16(14)22-26-21-15/h5-6,11,13H,7,9-10H2,1-4H3,(H,20,24). The Balaban J connectivity index is 1.80. The van der Waals surface area contributed by atoms with E-state index in [1.54, 1.807) is 6.07 Å². The maximum Gasteiger partial charge on any atom is 0.407 e. The highest BCUT2D eigenvalue weighted by atomic mass is 32.1. The van der Waals surface area contributed by atoms with Crippen LogP contribution >= 0.6 is 11.7 Å². The predicted octanol–water partition coefficient (Wildman–Crippen LogP) is 3.30. The number of anilines is 1. The van der Waals surface area contributed by atoms with Crippen LogP contribution in [0.2, 0.25) is 0 Å². The van der Waals surface area contributed by atoms with Gasteiger partial charge in [0.05, 0.1) is 23.0 Å². The number of alkyl carbamates (subject to hydrolysis) is 1. The van der Waals surface area contributed by atoms with Crippen LogP contribution < -0.4 is 10.2 Å². The molecule has 0 radical (unpaired) electrons. The maximum absolute atomic E-state index is 12.1. The number of benzene rings is 1. The van der Waals surface area contributed by atoms with Crippen molar-refractivity contribution in [1.82, 2.24) is 14.1 Å². The molecular formula is C18H23N5O2S. The van der Waals surface area contributed by atoms with Gasteiger partial charge in [-0.3, -0.25) is 0 Å². The molecule has 2 heterocycles. The van der Waals surface area contributed by atoms with Gasteiger partial charge in [0.2, 0.25) is 0 Å². The second kappa shape index (κ2) is 7.08. The number of hydrogen-bond acceptors (Lipinski definition) is 7. The topological polar surface area (TPSA) is 91.1 Å². The van der Waals surface area contributed by atoms with E-state index in [0.29, 0.717) is 23.5 Å². The molecule has 0 saturated carbocycles. The summed E-state index contributed by atoms with van der Waals surface area (Å²) >= 11 is 1.11. The number of rotatable bonds is 2. The lowest BCUT2D eigenvalue weighted by Crippen LogP contribution is -2.51. The largest absolute Gasteiger partial charge is 0.444 e. The van der Waals surface area contributed by atoms with Gasteiger partial charge in [-0.1, -0.05) is 6.92 Å². The molecule has 3 rings (SSSR count). The van der Waals surface area contributed by atoms with Crippen LogP contribution in [0.5, 0.6) is 0 Å². The van der Waals surface area contributed by atoms with Crippen molar-refractivity contribution in [2.45, 2.75) is 45.8 Å². The Kier molecular flexibility index (Phi) is 5.01. The highest BCUT2D eigenvalue weighted by Gasteiger charge is 2.29. The monoisotopic (exact) mass is 373 g/mol. The first-order valence-corrected chi connectivity index (χ1v) is 9.39. The minimum atomic E-state index is -0.518. The minimum Gasteiger partial charge on any atom is -0.444 e. The van der Waals surface area contributed by atoms with Gasteiger partial charge in [-0.25, -0.2) is 4.79 Å². The zero-order valence-electron chi connectivity index (χ0n) is 15.4. The number of nitrogens with zero attached hydrogens (tertiary/aromatic N) is 4. The fourth-order valence-corrected chi connectivity index (χ4v) is 3.89. The molecule has 26 heavy (non-hydrogen) atoms. The number of carbonyl (C=O) groups is 1. The molecular weight excluding hydrogens is 350 g/mol. The Bertz CT molecular complexity index is 851.